The second-order valence-corrected chi connectivity index (χ2v) is 6.02. The van der Waals surface area contributed by atoms with E-state index in [4.69, 9.17) is 17.3 Å². The van der Waals surface area contributed by atoms with Crippen molar-refractivity contribution in [2.45, 2.75) is 38.5 Å². The van der Waals surface area contributed by atoms with Crippen molar-refractivity contribution in [2.24, 2.45) is 5.73 Å². The molecule has 0 saturated carbocycles. The Bertz CT molecular complexity index is 388. The molecule has 0 aromatic heterocycles. The van der Waals surface area contributed by atoms with Crippen LogP contribution in [0.15, 0.2) is 24.3 Å². The molecule has 0 heterocycles. The fraction of sp³-hybridized carbons (Fsp3) is 0.571. The highest BCUT2D eigenvalue weighted by Crippen LogP contribution is 2.25. The van der Waals surface area contributed by atoms with Gasteiger partial charge in [-0.15, -0.1) is 0 Å². The van der Waals surface area contributed by atoms with E-state index in [-0.39, 0.29) is 12.1 Å². The van der Waals surface area contributed by atoms with Crippen molar-refractivity contribution in [3.63, 3.8) is 0 Å². The molecule has 0 spiro atoms. The summed E-state index contributed by atoms with van der Waals surface area (Å²) in [6.45, 7) is 6.09. The maximum Gasteiger partial charge on any atom is 0.0718 e. The second kappa shape index (κ2) is 6.02. The van der Waals surface area contributed by atoms with Crippen LogP contribution in [0.5, 0.6) is 0 Å². The van der Waals surface area contributed by atoms with E-state index in [2.05, 4.69) is 4.90 Å². The molecule has 0 aliphatic heterocycles. The number of nitrogens with two attached hydrogens (primary N) is 1. The SMILES string of the molecule is CC(N)C(c1cccc(Cl)c1)N(C)CC(C)(C)O. The highest BCUT2D eigenvalue weighted by Gasteiger charge is 2.25. The maximum absolute atomic E-state index is 9.91. The lowest BCUT2D eigenvalue weighted by Crippen LogP contribution is -2.43. The molecule has 1 aromatic carbocycles. The molecular formula is C14H23ClN2O. The Morgan fingerprint density at radius 3 is 2.50 bits per heavy atom. The zero-order valence-electron chi connectivity index (χ0n) is 11.5. The normalized spacial score (nSPS) is 15.8. The average molecular weight is 271 g/mol. The van der Waals surface area contributed by atoms with Crippen LogP contribution in [0, 0.1) is 0 Å². The van der Waals surface area contributed by atoms with Crippen molar-refractivity contribution in [2.75, 3.05) is 13.6 Å². The Morgan fingerprint density at radius 1 is 1.44 bits per heavy atom. The van der Waals surface area contributed by atoms with Gasteiger partial charge in [0.25, 0.3) is 0 Å². The van der Waals surface area contributed by atoms with Crippen molar-refractivity contribution < 1.29 is 5.11 Å². The lowest BCUT2D eigenvalue weighted by Gasteiger charge is -2.35. The smallest absolute Gasteiger partial charge is 0.0718 e. The van der Waals surface area contributed by atoms with Crippen LogP contribution in [0.2, 0.25) is 5.02 Å². The molecule has 1 rings (SSSR count). The Labute approximate surface area is 115 Å². The minimum atomic E-state index is -0.750. The second-order valence-electron chi connectivity index (χ2n) is 5.59. The van der Waals surface area contributed by atoms with Crippen LogP contribution in [0.1, 0.15) is 32.4 Å². The standard InChI is InChI=1S/C14H23ClN2O/c1-10(16)13(17(4)9-14(2,3)18)11-6-5-7-12(15)8-11/h5-8,10,13,18H,9,16H2,1-4H3. The van der Waals surface area contributed by atoms with Crippen LogP contribution in [0.3, 0.4) is 0 Å². The monoisotopic (exact) mass is 270 g/mol. The lowest BCUT2D eigenvalue weighted by molar-refractivity contribution is 0.0278. The summed E-state index contributed by atoms with van der Waals surface area (Å²) in [5.41, 5.74) is 6.40. The fourth-order valence-electron chi connectivity index (χ4n) is 2.36. The summed E-state index contributed by atoms with van der Waals surface area (Å²) in [5.74, 6) is 0. The molecule has 2 atom stereocenters. The van der Waals surface area contributed by atoms with Crippen LogP contribution < -0.4 is 5.73 Å². The van der Waals surface area contributed by atoms with E-state index in [0.29, 0.717) is 11.6 Å². The Hall–Kier alpha value is -0.610. The van der Waals surface area contributed by atoms with Gasteiger partial charge in [-0.05, 0) is 45.5 Å². The van der Waals surface area contributed by atoms with E-state index in [1.54, 1.807) is 13.8 Å². The number of aliphatic hydroxyl groups is 1. The summed E-state index contributed by atoms with van der Waals surface area (Å²) in [4.78, 5) is 2.07. The van der Waals surface area contributed by atoms with Gasteiger partial charge in [-0.3, -0.25) is 4.90 Å². The summed E-state index contributed by atoms with van der Waals surface area (Å²) in [7, 11) is 1.97. The third kappa shape index (κ3) is 4.58. The van der Waals surface area contributed by atoms with E-state index < -0.39 is 5.60 Å². The maximum atomic E-state index is 9.91. The van der Waals surface area contributed by atoms with Crippen molar-refractivity contribution in [1.82, 2.24) is 4.90 Å². The molecule has 0 amide bonds. The molecule has 3 nitrogen and oxygen atoms in total. The van der Waals surface area contributed by atoms with Crippen LogP contribution >= 0.6 is 11.6 Å². The van der Waals surface area contributed by atoms with Crippen LogP contribution in [0.4, 0.5) is 0 Å². The van der Waals surface area contributed by atoms with E-state index in [0.717, 1.165) is 5.56 Å². The number of halogens is 1. The molecule has 0 fully saturated rings. The van der Waals surface area contributed by atoms with Gasteiger partial charge in [-0.2, -0.15) is 0 Å². The summed E-state index contributed by atoms with van der Waals surface area (Å²) < 4.78 is 0. The quantitative estimate of drug-likeness (QED) is 0.864. The molecule has 18 heavy (non-hydrogen) atoms. The number of nitrogens with zero attached hydrogens (tertiary/aromatic N) is 1. The minimum Gasteiger partial charge on any atom is -0.389 e. The van der Waals surface area contributed by atoms with Gasteiger partial charge < -0.3 is 10.8 Å². The number of hydrogen-bond acceptors (Lipinski definition) is 3. The molecule has 1 aromatic rings. The van der Waals surface area contributed by atoms with Crippen LogP contribution in [0.25, 0.3) is 0 Å². The third-order valence-corrected chi connectivity index (χ3v) is 3.03. The first-order valence-corrected chi connectivity index (χ1v) is 6.52. The molecule has 0 bridgehead atoms. The van der Waals surface area contributed by atoms with Crippen molar-refractivity contribution >= 4 is 11.6 Å². The van der Waals surface area contributed by atoms with Gasteiger partial charge in [0.1, 0.15) is 0 Å². The predicted octanol–water partition coefficient (Wildman–Crippen LogP) is 2.43. The van der Waals surface area contributed by atoms with Gasteiger partial charge in [0, 0.05) is 23.7 Å². The van der Waals surface area contributed by atoms with E-state index in [1.165, 1.54) is 0 Å². The van der Waals surface area contributed by atoms with E-state index >= 15 is 0 Å². The topological polar surface area (TPSA) is 49.5 Å². The summed E-state index contributed by atoms with van der Waals surface area (Å²) >= 11 is 6.02. The Balaban J connectivity index is 2.96. The molecule has 0 radical (unpaired) electrons. The number of hydrogen-bond donors (Lipinski definition) is 2. The van der Waals surface area contributed by atoms with Crippen molar-refractivity contribution in [1.29, 1.82) is 0 Å². The molecular weight excluding hydrogens is 248 g/mol. The molecule has 2 unspecified atom stereocenters. The van der Waals surface area contributed by atoms with Crippen molar-refractivity contribution in [3.8, 4) is 0 Å². The summed E-state index contributed by atoms with van der Waals surface area (Å²) in [5, 5.41) is 10.6. The van der Waals surface area contributed by atoms with Gasteiger partial charge in [0.15, 0.2) is 0 Å². The number of rotatable bonds is 5. The fourth-order valence-corrected chi connectivity index (χ4v) is 2.56. The van der Waals surface area contributed by atoms with Crippen LogP contribution in [-0.2, 0) is 0 Å². The number of likely N-dealkylation sites (N-methyl/N-ethyl adjacent to an activating group) is 1. The minimum absolute atomic E-state index is 0.0372. The van der Waals surface area contributed by atoms with Gasteiger partial charge >= 0.3 is 0 Å². The van der Waals surface area contributed by atoms with Gasteiger partial charge in [-0.1, -0.05) is 23.7 Å². The first kappa shape index (κ1) is 15.4. The van der Waals surface area contributed by atoms with Gasteiger partial charge in [0.2, 0.25) is 0 Å². The van der Waals surface area contributed by atoms with Gasteiger partial charge in [-0.25, -0.2) is 0 Å². The third-order valence-electron chi connectivity index (χ3n) is 2.80. The van der Waals surface area contributed by atoms with E-state index in [1.807, 2.05) is 38.2 Å². The van der Waals surface area contributed by atoms with E-state index in [9.17, 15) is 5.11 Å². The highest BCUT2D eigenvalue weighted by atomic mass is 35.5. The Morgan fingerprint density at radius 2 is 2.06 bits per heavy atom. The molecule has 0 aliphatic carbocycles. The largest absolute Gasteiger partial charge is 0.389 e. The van der Waals surface area contributed by atoms with Gasteiger partial charge in [0.05, 0.1) is 5.60 Å². The summed E-state index contributed by atoms with van der Waals surface area (Å²) in [6.07, 6.45) is 0. The highest BCUT2D eigenvalue weighted by molar-refractivity contribution is 6.30. The zero-order chi connectivity index (χ0) is 13.9. The average Bonchev–Trinajstić information content (AvgIpc) is 2.13. The number of benzene rings is 1. The van der Waals surface area contributed by atoms with Crippen LogP contribution in [-0.4, -0.2) is 35.2 Å². The molecule has 4 heteroatoms. The lowest BCUT2D eigenvalue weighted by atomic mass is 9.98. The first-order valence-electron chi connectivity index (χ1n) is 6.14. The first-order chi connectivity index (χ1) is 8.20. The van der Waals surface area contributed by atoms with Crippen molar-refractivity contribution in [3.05, 3.63) is 34.9 Å². The molecule has 102 valence electrons. The summed E-state index contributed by atoms with van der Waals surface area (Å²) in [6, 6.07) is 7.70. The zero-order valence-corrected chi connectivity index (χ0v) is 12.3. The molecule has 0 aliphatic rings. The molecule has 3 N–H and O–H groups in total. The predicted molar refractivity (Wildman–Crippen MR) is 76.8 cm³/mol. The molecule has 0 saturated heterocycles. The Kier molecular flexibility index (Phi) is 5.17.